The van der Waals surface area contributed by atoms with Gasteiger partial charge < -0.3 is 10.6 Å². The van der Waals surface area contributed by atoms with Gasteiger partial charge in [-0.3, -0.25) is 4.90 Å². The molecule has 0 bridgehead atoms. The topological polar surface area (TPSA) is 39.7 Å². The van der Waals surface area contributed by atoms with E-state index >= 15 is 0 Å². The summed E-state index contributed by atoms with van der Waals surface area (Å²) in [4.78, 5) is 8.34. The van der Waals surface area contributed by atoms with Crippen molar-refractivity contribution in [2.75, 3.05) is 33.2 Å². The number of nitrogens with zero attached hydrogens (tertiary/aromatic N) is 2. The summed E-state index contributed by atoms with van der Waals surface area (Å²) in [5.41, 5.74) is 0. The van der Waals surface area contributed by atoms with Gasteiger partial charge in [-0.1, -0.05) is 6.92 Å². The second kappa shape index (κ2) is 10.6. The summed E-state index contributed by atoms with van der Waals surface area (Å²) in [7, 11) is 1.48. The molecular weight excluding hydrogens is 337 g/mol. The lowest BCUT2D eigenvalue weighted by molar-refractivity contribution is -0.143. The maximum Gasteiger partial charge on any atom is 0.401 e. The molecule has 0 spiro atoms. The van der Waals surface area contributed by atoms with Gasteiger partial charge in [0, 0.05) is 22.8 Å². The van der Waals surface area contributed by atoms with Crippen LogP contribution in [0.2, 0.25) is 0 Å². The molecule has 0 saturated heterocycles. The molecule has 1 aromatic heterocycles. The quantitative estimate of drug-likeness (QED) is 0.401. The summed E-state index contributed by atoms with van der Waals surface area (Å²) in [6.07, 6.45) is -2.50. The molecule has 0 fully saturated rings. The minimum absolute atomic E-state index is 0.386. The molecule has 8 heteroatoms. The van der Waals surface area contributed by atoms with Gasteiger partial charge in [0.25, 0.3) is 0 Å². The Hall–Kier alpha value is -1.28. The lowest BCUT2D eigenvalue weighted by Crippen LogP contribution is -2.39. The van der Waals surface area contributed by atoms with E-state index in [9.17, 15) is 13.2 Å². The highest BCUT2D eigenvalue weighted by Crippen LogP contribution is 2.17. The van der Waals surface area contributed by atoms with Crippen molar-refractivity contribution < 1.29 is 13.2 Å². The first-order chi connectivity index (χ1) is 11.3. The minimum atomic E-state index is -4.14. The van der Waals surface area contributed by atoms with Crippen LogP contribution in [0.5, 0.6) is 0 Å². The number of nitrogens with one attached hydrogen (secondary N) is 2. The number of hydrogen-bond acceptors (Lipinski definition) is 3. The van der Waals surface area contributed by atoms with Crippen molar-refractivity contribution in [3.05, 3.63) is 21.9 Å². The third kappa shape index (κ3) is 9.12. The van der Waals surface area contributed by atoms with E-state index in [4.69, 9.17) is 0 Å². The van der Waals surface area contributed by atoms with E-state index in [0.717, 1.165) is 13.0 Å². The predicted molar refractivity (Wildman–Crippen MR) is 94.7 cm³/mol. The Kier molecular flexibility index (Phi) is 9.13. The largest absolute Gasteiger partial charge is 0.401 e. The molecule has 4 nitrogen and oxygen atoms in total. The van der Waals surface area contributed by atoms with Gasteiger partial charge in [-0.15, -0.1) is 11.3 Å². The number of aliphatic imine (C=N–C) groups is 1. The number of aryl methyl sites for hydroxylation is 1. The van der Waals surface area contributed by atoms with Gasteiger partial charge in [-0.2, -0.15) is 13.2 Å². The van der Waals surface area contributed by atoms with E-state index in [2.05, 4.69) is 34.7 Å². The number of alkyl halides is 3. The second-order valence-corrected chi connectivity index (χ2v) is 6.80. The summed E-state index contributed by atoms with van der Waals surface area (Å²) in [6, 6.07) is 4.20. The maximum absolute atomic E-state index is 12.2. The van der Waals surface area contributed by atoms with Crippen LogP contribution in [0.15, 0.2) is 17.1 Å². The van der Waals surface area contributed by atoms with Gasteiger partial charge >= 0.3 is 6.18 Å². The number of halogens is 3. The van der Waals surface area contributed by atoms with Crippen molar-refractivity contribution in [2.45, 2.75) is 39.4 Å². The normalized spacial score (nSPS) is 12.7. The van der Waals surface area contributed by atoms with Crippen LogP contribution in [0.25, 0.3) is 0 Å². The molecule has 0 aliphatic heterocycles. The fourth-order valence-electron chi connectivity index (χ4n) is 2.14. The fourth-order valence-corrected chi connectivity index (χ4v) is 3.02. The molecule has 1 aromatic rings. The van der Waals surface area contributed by atoms with Crippen molar-refractivity contribution in [1.82, 2.24) is 15.5 Å². The van der Waals surface area contributed by atoms with Gasteiger partial charge in [0.2, 0.25) is 0 Å². The maximum atomic E-state index is 12.2. The summed E-state index contributed by atoms with van der Waals surface area (Å²) in [5.74, 6) is 0.697. The van der Waals surface area contributed by atoms with E-state index in [0.29, 0.717) is 32.0 Å². The summed E-state index contributed by atoms with van der Waals surface area (Å²) in [6.45, 7) is 5.54. The van der Waals surface area contributed by atoms with E-state index < -0.39 is 12.7 Å². The Morgan fingerprint density at radius 3 is 2.50 bits per heavy atom. The Morgan fingerprint density at radius 2 is 1.92 bits per heavy atom. The molecule has 1 heterocycles. The van der Waals surface area contributed by atoms with Gasteiger partial charge in [0.15, 0.2) is 5.96 Å². The lowest BCUT2D eigenvalue weighted by Gasteiger charge is -2.18. The molecule has 1 rings (SSSR count). The first-order valence-electron chi connectivity index (χ1n) is 8.19. The SMILES string of the molecule is CCNC(=NCc1ccc(CC)s1)NCCCN(C)CC(F)(F)F. The number of hydrogen-bond donors (Lipinski definition) is 2. The Morgan fingerprint density at radius 1 is 1.21 bits per heavy atom. The van der Waals surface area contributed by atoms with E-state index in [1.807, 2.05) is 6.92 Å². The summed E-state index contributed by atoms with van der Waals surface area (Å²) in [5, 5.41) is 6.32. The monoisotopic (exact) mass is 364 g/mol. The second-order valence-electron chi connectivity index (χ2n) is 5.55. The molecule has 0 amide bonds. The number of guanidine groups is 1. The van der Waals surface area contributed by atoms with Gasteiger partial charge in [-0.25, -0.2) is 4.99 Å². The average Bonchev–Trinajstić information content (AvgIpc) is 2.95. The molecule has 2 N–H and O–H groups in total. The Labute approximate surface area is 146 Å². The summed E-state index contributed by atoms with van der Waals surface area (Å²) < 4.78 is 36.7. The van der Waals surface area contributed by atoms with Crippen molar-refractivity contribution in [3.8, 4) is 0 Å². The van der Waals surface area contributed by atoms with Crippen LogP contribution in [-0.2, 0) is 13.0 Å². The third-order valence-corrected chi connectivity index (χ3v) is 4.48. The van der Waals surface area contributed by atoms with Crippen molar-refractivity contribution >= 4 is 17.3 Å². The first-order valence-corrected chi connectivity index (χ1v) is 9.00. The molecule has 0 aromatic carbocycles. The standard InChI is InChI=1S/C16H27F3N4S/c1-4-13-7-8-14(24-13)11-22-15(20-5-2)21-9-6-10-23(3)12-16(17,18)19/h7-8H,4-6,9-12H2,1-3H3,(H2,20,21,22). The zero-order valence-electron chi connectivity index (χ0n) is 14.5. The smallest absolute Gasteiger partial charge is 0.357 e. The van der Waals surface area contributed by atoms with Crippen LogP contribution < -0.4 is 10.6 Å². The van der Waals surface area contributed by atoms with Crippen molar-refractivity contribution in [3.63, 3.8) is 0 Å². The molecule has 138 valence electrons. The molecular formula is C16H27F3N4S. The Balaban J connectivity index is 2.35. The fraction of sp³-hybridized carbons (Fsp3) is 0.688. The molecule has 0 saturated carbocycles. The molecule has 0 unspecified atom stereocenters. The number of rotatable bonds is 9. The van der Waals surface area contributed by atoms with Crippen LogP contribution in [0.3, 0.4) is 0 Å². The molecule has 24 heavy (non-hydrogen) atoms. The van der Waals surface area contributed by atoms with Gasteiger partial charge in [-0.05, 0) is 45.5 Å². The van der Waals surface area contributed by atoms with E-state index in [-0.39, 0.29) is 0 Å². The number of thiophene rings is 1. The minimum Gasteiger partial charge on any atom is -0.357 e. The van der Waals surface area contributed by atoms with Crippen LogP contribution in [0.1, 0.15) is 30.0 Å². The molecule has 0 aliphatic rings. The highest BCUT2D eigenvalue weighted by Gasteiger charge is 2.28. The van der Waals surface area contributed by atoms with Gasteiger partial charge in [0.1, 0.15) is 0 Å². The van der Waals surface area contributed by atoms with Crippen LogP contribution >= 0.6 is 11.3 Å². The highest BCUT2D eigenvalue weighted by atomic mass is 32.1. The zero-order chi connectivity index (χ0) is 18.0. The average molecular weight is 364 g/mol. The van der Waals surface area contributed by atoms with Crippen molar-refractivity contribution in [1.29, 1.82) is 0 Å². The highest BCUT2D eigenvalue weighted by molar-refractivity contribution is 7.11. The van der Waals surface area contributed by atoms with Crippen LogP contribution in [0, 0.1) is 0 Å². The predicted octanol–water partition coefficient (Wildman–Crippen LogP) is 3.25. The zero-order valence-corrected chi connectivity index (χ0v) is 15.4. The molecule has 0 atom stereocenters. The summed E-state index contributed by atoms with van der Waals surface area (Å²) >= 11 is 1.75. The van der Waals surface area contributed by atoms with Crippen LogP contribution in [-0.4, -0.2) is 50.3 Å². The lowest BCUT2D eigenvalue weighted by atomic mass is 10.3. The van der Waals surface area contributed by atoms with Crippen molar-refractivity contribution in [2.24, 2.45) is 4.99 Å². The van der Waals surface area contributed by atoms with E-state index in [1.54, 1.807) is 11.3 Å². The van der Waals surface area contributed by atoms with Crippen LogP contribution in [0.4, 0.5) is 13.2 Å². The third-order valence-electron chi connectivity index (χ3n) is 3.26. The molecule has 0 radical (unpaired) electrons. The van der Waals surface area contributed by atoms with Gasteiger partial charge in [0.05, 0.1) is 13.1 Å². The Bertz CT molecular complexity index is 500. The molecule has 0 aliphatic carbocycles. The first kappa shape index (κ1) is 20.8. The van der Waals surface area contributed by atoms with E-state index in [1.165, 1.54) is 21.7 Å².